The van der Waals surface area contributed by atoms with Gasteiger partial charge in [0.1, 0.15) is 12.0 Å². The molecule has 0 bridgehead atoms. The van der Waals surface area contributed by atoms with Crippen LogP contribution in [-0.2, 0) is 10.9 Å². The Kier molecular flexibility index (Phi) is 7.14. The van der Waals surface area contributed by atoms with Crippen LogP contribution in [-0.4, -0.2) is 72.1 Å². The average Bonchev–Trinajstić information content (AvgIpc) is 3.25. The van der Waals surface area contributed by atoms with Crippen LogP contribution in [0.2, 0.25) is 0 Å². The van der Waals surface area contributed by atoms with Crippen LogP contribution >= 0.6 is 0 Å². The lowest BCUT2D eigenvalue weighted by Gasteiger charge is -2.23. The van der Waals surface area contributed by atoms with Crippen LogP contribution in [0.3, 0.4) is 0 Å². The third kappa shape index (κ3) is 5.12. The number of pyridine rings is 1. The summed E-state index contributed by atoms with van der Waals surface area (Å²) in [5.41, 5.74) is 0.622. The topological polar surface area (TPSA) is 155 Å². The summed E-state index contributed by atoms with van der Waals surface area (Å²) >= 11 is 0. The molecule has 0 saturated carbocycles. The summed E-state index contributed by atoms with van der Waals surface area (Å²) in [4.78, 5) is 12.8. The quantitative estimate of drug-likeness (QED) is 0.369. The molecule has 1 saturated heterocycles. The molecule has 1 aliphatic heterocycles. The van der Waals surface area contributed by atoms with Crippen molar-refractivity contribution in [1.82, 2.24) is 35.0 Å². The predicted octanol–water partition coefficient (Wildman–Crippen LogP) is 0.453. The highest BCUT2D eigenvalue weighted by Gasteiger charge is 2.26. The molecule has 14 heteroatoms. The highest BCUT2D eigenvalue weighted by atomic mass is 32.2. The Morgan fingerprint density at radius 3 is 2.76 bits per heavy atom. The van der Waals surface area contributed by atoms with Crippen molar-refractivity contribution in [2.75, 3.05) is 38.6 Å². The Labute approximate surface area is 191 Å². The summed E-state index contributed by atoms with van der Waals surface area (Å²) < 4.78 is 43.4. The monoisotopic (exact) mass is 476 g/mol. The van der Waals surface area contributed by atoms with Crippen LogP contribution < -0.4 is 24.2 Å². The van der Waals surface area contributed by atoms with E-state index in [1.54, 1.807) is 18.2 Å². The van der Waals surface area contributed by atoms with Gasteiger partial charge in [-0.1, -0.05) is 6.07 Å². The number of anilines is 1. The normalized spacial score (nSPS) is 15.9. The van der Waals surface area contributed by atoms with Crippen LogP contribution in [0, 0.1) is 5.92 Å². The number of ether oxygens (including phenoxy) is 3. The number of thiol groups is 1. The van der Waals surface area contributed by atoms with Crippen LogP contribution in [0.15, 0.2) is 24.5 Å². The minimum atomic E-state index is -3.04. The first-order valence-corrected chi connectivity index (χ1v) is 11.4. The second kappa shape index (κ2) is 10.4. The number of hydrogen-bond acceptors (Lipinski definition) is 11. The number of nitrogens with one attached hydrogen (secondary N) is 2. The summed E-state index contributed by atoms with van der Waals surface area (Å²) in [7, 11) is -0.107. The molecule has 2 N–H and O–H groups in total. The van der Waals surface area contributed by atoms with Crippen LogP contribution in [0.25, 0.3) is 17.2 Å². The Morgan fingerprint density at radius 1 is 1.18 bits per heavy atom. The number of rotatable bonds is 9. The lowest BCUT2D eigenvalue weighted by Crippen LogP contribution is -2.33. The molecule has 1 unspecified atom stereocenters. The van der Waals surface area contributed by atoms with Gasteiger partial charge in [0, 0.05) is 18.5 Å². The lowest BCUT2D eigenvalue weighted by atomic mass is 10.0. The van der Waals surface area contributed by atoms with Crippen LogP contribution in [0.5, 0.6) is 17.6 Å². The van der Waals surface area contributed by atoms with E-state index in [9.17, 15) is 8.42 Å². The highest BCUT2D eigenvalue weighted by Crippen LogP contribution is 2.35. The fourth-order valence-electron chi connectivity index (χ4n) is 3.53. The van der Waals surface area contributed by atoms with Gasteiger partial charge in [0.15, 0.2) is 11.5 Å². The zero-order valence-electron chi connectivity index (χ0n) is 18.1. The number of nitrogens with zero attached hydrogens (tertiary/aromatic N) is 6. The molecule has 0 amide bonds. The van der Waals surface area contributed by atoms with Crippen molar-refractivity contribution in [2.24, 2.45) is 5.92 Å². The van der Waals surface area contributed by atoms with E-state index in [1.165, 1.54) is 25.1 Å². The molecule has 4 rings (SSSR count). The molecular weight excluding hydrogens is 452 g/mol. The minimum Gasteiger partial charge on any atom is -0.481 e. The third-order valence-corrected chi connectivity index (χ3v) is 5.43. The first-order valence-electron chi connectivity index (χ1n) is 10.2. The maximum Gasteiger partial charge on any atom is 0.245 e. The van der Waals surface area contributed by atoms with Gasteiger partial charge in [0.25, 0.3) is 0 Å². The van der Waals surface area contributed by atoms with Gasteiger partial charge in [-0.15, -0.1) is 10.2 Å². The Hall–Kier alpha value is -3.52. The molecule has 0 aliphatic carbocycles. The van der Waals surface area contributed by atoms with Crippen molar-refractivity contribution in [3.8, 4) is 34.8 Å². The molecule has 0 radical (unpaired) electrons. The predicted molar refractivity (Wildman–Crippen MR) is 118 cm³/mol. The zero-order chi connectivity index (χ0) is 23.2. The second-order valence-corrected chi connectivity index (χ2v) is 7.91. The molecular formula is C19H24N8O5S. The van der Waals surface area contributed by atoms with Gasteiger partial charge in [-0.2, -0.15) is 9.97 Å². The van der Waals surface area contributed by atoms with Crippen molar-refractivity contribution in [3.63, 3.8) is 0 Å². The molecule has 33 heavy (non-hydrogen) atoms. The van der Waals surface area contributed by atoms with E-state index in [4.69, 9.17) is 14.2 Å². The van der Waals surface area contributed by atoms with Crippen molar-refractivity contribution >= 4 is 16.8 Å². The van der Waals surface area contributed by atoms with Crippen LogP contribution in [0.1, 0.15) is 12.8 Å². The van der Waals surface area contributed by atoms with Gasteiger partial charge in [0.05, 0.1) is 20.8 Å². The molecule has 0 aromatic carbocycles. The second-order valence-electron chi connectivity index (χ2n) is 7.18. The number of piperidine rings is 1. The molecule has 1 atom stereocenters. The van der Waals surface area contributed by atoms with Gasteiger partial charge in [-0.25, -0.2) is 18.0 Å². The van der Waals surface area contributed by atoms with E-state index >= 15 is 0 Å². The molecule has 1 fully saturated rings. The zero-order valence-corrected chi connectivity index (χ0v) is 19.0. The van der Waals surface area contributed by atoms with E-state index in [0.717, 1.165) is 25.9 Å². The molecule has 3 aromatic heterocycles. The standard InChI is InChI=1S/C19H24N8O5S/c1-30-14-7-3-6-13(23-14)16-24-25-19(26-33(28)29)27(16)15-17(31-2)21-11-22-18(15)32-10-12-5-4-8-20-9-12/h3,6-7,11-12,20,33H,4-5,8-10H2,1-2H3,(H,25,26,28,29). The largest absolute Gasteiger partial charge is 0.481 e. The summed E-state index contributed by atoms with van der Waals surface area (Å²) in [5, 5.41) is 11.5. The van der Waals surface area contributed by atoms with Gasteiger partial charge >= 0.3 is 0 Å². The summed E-state index contributed by atoms with van der Waals surface area (Å²) in [6.45, 7) is 2.24. The molecule has 13 nitrogen and oxygen atoms in total. The van der Waals surface area contributed by atoms with Gasteiger partial charge in [-0.3, -0.25) is 4.72 Å². The van der Waals surface area contributed by atoms with Crippen molar-refractivity contribution in [3.05, 3.63) is 24.5 Å². The summed E-state index contributed by atoms with van der Waals surface area (Å²) in [6.07, 6.45) is 3.40. The van der Waals surface area contributed by atoms with Crippen molar-refractivity contribution in [1.29, 1.82) is 0 Å². The number of methoxy groups -OCH3 is 2. The Bertz CT molecular complexity index is 1170. The first-order chi connectivity index (χ1) is 16.1. The van der Waals surface area contributed by atoms with Gasteiger partial charge < -0.3 is 19.5 Å². The van der Waals surface area contributed by atoms with E-state index in [0.29, 0.717) is 24.1 Å². The fourth-order valence-corrected chi connectivity index (χ4v) is 3.83. The van der Waals surface area contributed by atoms with E-state index in [2.05, 4.69) is 35.2 Å². The van der Waals surface area contributed by atoms with E-state index in [1.807, 2.05) is 0 Å². The van der Waals surface area contributed by atoms with E-state index < -0.39 is 10.9 Å². The number of aromatic nitrogens is 6. The lowest BCUT2D eigenvalue weighted by molar-refractivity contribution is 0.210. The Balaban J connectivity index is 1.83. The molecule has 1 aliphatic rings. The molecule has 176 valence electrons. The number of hydrogen-bond donors (Lipinski definition) is 3. The molecule has 4 heterocycles. The first kappa shape index (κ1) is 22.7. The van der Waals surface area contributed by atoms with Crippen LogP contribution in [0.4, 0.5) is 5.95 Å². The summed E-state index contributed by atoms with van der Waals surface area (Å²) in [5.74, 6) is 1.12. The Morgan fingerprint density at radius 2 is 2.03 bits per heavy atom. The minimum absolute atomic E-state index is 0.0944. The van der Waals surface area contributed by atoms with Gasteiger partial charge in [-0.05, 0) is 25.5 Å². The van der Waals surface area contributed by atoms with Crippen molar-refractivity contribution in [2.45, 2.75) is 12.8 Å². The molecule has 0 spiro atoms. The SMILES string of the molecule is COc1cccc(-c2nnc(N[SH](=O)=O)n2-c2c(OC)ncnc2OCC2CCCNC2)n1. The smallest absolute Gasteiger partial charge is 0.245 e. The maximum atomic E-state index is 11.5. The molecule has 3 aromatic rings. The van der Waals surface area contributed by atoms with E-state index in [-0.39, 0.29) is 29.2 Å². The van der Waals surface area contributed by atoms with Crippen molar-refractivity contribution < 1.29 is 22.6 Å². The fraction of sp³-hybridized carbons (Fsp3) is 0.421. The third-order valence-electron chi connectivity index (χ3n) is 5.04. The average molecular weight is 477 g/mol. The maximum absolute atomic E-state index is 11.5. The summed E-state index contributed by atoms with van der Waals surface area (Å²) in [6, 6.07) is 5.10. The van der Waals surface area contributed by atoms with Gasteiger partial charge in [0.2, 0.25) is 34.5 Å². The highest BCUT2D eigenvalue weighted by molar-refractivity contribution is 7.73.